The van der Waals surface area contributed by atoms with Gasteiger partial charge >= 0.3 is 0 Å². The van der Waals surface area contributed by atoms with Gasteiger partial charge in [-0.1, -0.05) is 6.07 Å². The highest BCUT2D eigenvalue weighted by Gasteiger charge is 2.25. The third-order valence-corrected chi connectivity index (χ3v) is 4.44. The summed E-state index contributed by atoms with van der Waals surface area (Å²) in [6.45, 7) is 2.21. The molecule has 23 heavy (non-hydrogen) atoms. The van der Waals surface area contributed by atoms with E-state index >= 15 is 0 Å². The van der Waals surface area contributed by atoms with Crippen molar-refractivity contribution in [2.24, 2.45) is 0 Å². The number of nitrogens with two attached hydrogens (primary N) is 1. The molecule has 122 valence electrons. The molecule has 1 fully saturated rings. The van der Waals surface area contributed by atoms with Crippen molar-refractivity contribution >= 4 is 41.2 Å². The predicted octanol–water partition coefficient (Wildman–Crippen LogP) is 2.35. The van der Waals surface area contributed by atoms with Crippen LogP contribution in [0.25, 0.3) is 0 Å². The van der Waals surface area contributed by atoms with Crippen LogP contribution in [-0.4, -0.2) is 47.8 Å². The van der Waals surface area contributed by atoms with Gasteiger partial charge in [-0.05, 0) is 29.6 Å². The maximum Gasteiger partial charge on any atom is 0.254 e. The van der Waals surface area contributed by atoms with Gasteiger partial charge in [-0.25, -0.2) is 0 Å². The smallest absolute Gasteiger partial charge is 0.254 e. The van der Waals surface area contributed by atoms with Gasteiger partial charge in [0.05, 0.1) is 5.56 Å². The van der Waals surface area contributed by atoms with E-state index < -0.39 is 0 Å². The van der Waals surface area contributed by atoms with Crippen molar-refractivity contribution in [3.8, 4) is 0 Å². The van der Waals surface area contributed by atoms with Gasteiger partial charge in [-0.2, -0.15) is 11.3 Å². The van der Waals surface area contributed by atoms with Crippen molar-refractivity contribution in [3.63, 3.8) is 0 Å². The molecule has 0 saturated carbocycles. The predicted molar refractivity (Wildman–Crippen MR) is 94.2 cm³/mol. The number of carbonyl (C=O) groups is 2. The van der Waals surface area contributed by atoms with E-state index in [-0.39, 0.29) is 24.2 Å². The fourth-order valence-corrected chi connectivity index (χ4v) is 3.17. The monoisotopic (exact) mass is 351 g/mol. The van der Waals surface area contributed by atoms with Crippen LogP contribution < -0.4 is 5.73 Å². The molecule has 1 aromatic carbocycles. The average Bonchev–Trinajstić information content (AvgIpc) is 3.08. The maximum absolute atomic E-state index is 12.4. The number of thiophene rings is 1. The molecule has 2 aromatic rings. The van der Waals surface area contributed by atoms with E-state index in [0.29, 0.717) is 37.4 Å². The lowest BCUT2D eigenvalue weighted by atomic mass is 10.1. The standard InChI is InChI=1S/C16H17N3O2S.ClH/c17-14-3-1-2-12(10-14)15(20)18-5-7-19(8-6-18)16(21)13-4-9-22-11-13;/h1-4,9-11H,5-8,17H2;1H. The molecule has 5 nitrogen and oxygen atoms in total. The molecule has 1 aliphatic heterocycles. The number of piperazine rings is 1. The number of hydrogen-bond acceptors (Lipinski definition) is 4. The second kappa shape index (κ2) is 7.48. The summed E-state index contributed by atoms with van der Waals surface area (Å²) in [4.78, 5) is 28.3. The Bertz CT molecular complexity index is 682. The van der Waals surface area contributed by atoms with Gasteiger partial charge in [0.25, 0.3) is 11.8 Å². The molecule has 0 atom stereocenters. The zero-order valence-electron chi connectivity index (χ0n) is 12.5. The minimum Gasteiger partial charge on any atom is -0.399 e. The van der Waals surface area contributed by atoms with Crippen LogP contribution in [0.3, 0.4) is 0 Å². The van der Waals surface area contributed by atoms with Crippen molar-refractivity contribution < 1.29 is 9.59 Å². The Balaban J connectivity index is 0.00000192. The Morgan fingerprint density at radius 2 is 1.57 bits per heavy atom. The van der Waals surface area contributed by atoms with E-state index in [1.165, 1.54) is 11.3 Å². The molecule has 0 unspecified atom stereocenters. The molecule has 7 heteroatoms. The third-order valence-electron chi connectivity index (χ3n) is 3.76. The highest BCUT2D eigenvalue weighted by molar-refractivity contribution is 7.08. The van der Waals surface area contributed by atoms with E-state index in [1.807, 2.05) is 16.8 Å². The highest BCUT2D eigenvalue weighted by Crippen LogP contribution is 2.14. The van der Waals surface area contributed by atoms with Crippen LogP contribution in [-0.2, 0) is 0 Å². The number of nitrogens with zero attached hydrogens (tertiary/aromatic N) is 2. The molecule has 2 heterocycles. The van der Waals surface area contributed by atoms with Crippen LogP contribution in [0.4, 0.5) is 5.69 Å². The van der Waals surface area contributed by atoms with Crippen LogP contribution in [0.5, 0.6) is 0 Å². The van der Waals surface area contributed by atoms with Crippen LogP contribution >= 0.6 is 23.7 Å². The Labute approximate surface area is 145 Å². The molecule has 0 spiro atoms. The van der Waals surface area contributed by atoms with Crippen LogP contribution in [0, 0.1) is 0 Å². The second-order valence-corrected chi connectivity index (χ2v) is 6.00. The van der Waals surface area contributed by atoms with E-state index in [2.05, 4.69) is 0 Å². The molecule has 2 N–H and O–H groups in total. The quantitative estimate of drug-likeness (QED) is 0.844. The first-order valence-corrected chi connectivity index (χ1v) is 8.06. The molecule has 2 amide bonds. The fraction of sp³-hybridized carbons (Fsp3) is 0.250. The van der Waals surface area contributed by atoms with E-state index in [4.69, 9.17) is 5.73 Å². The SMILES string of the molecule is Cl.Nc1cccc(C(=O)N2CCN(C(=O)c3ccsc3)CC2)c1. The molecule has 1 aromatic heterocycles. The number of benzene rings is 1. The molecule has 0 aliphatic carbocycles. The second-order valence-electron chi connectivity index (χ2n) is 5.22. The zero-order valence-corrected chi connectivity index (χ0v) is 14.1. The number of carbonyl (C=O) groups excluding carboxylic acids is 2. The number of halogens is 1. The number of amides is 2. The first-order chi connectivity index (χ1) is 10.6. The third kappa shape index (κ3) is 3.83. The summed E-state index contributed by atoms with van der Waals surface area (Å²) in [5, 5.41) is 3.75. The zero-order chi connectivity index (χ0) is 15.5. The van der Waals surface area contributed by atoms with Gasteiger partial charge in [-0.3, -0.25) is 9.59 Å². The summed E-state index contributed by atoms with van der Waals surface area (Å²) in [6, 6.07) is 8.82. The van der Waals surface area contributed by atoms with Gasteiger partial charge in [-0.15, -0.1) is 12.4 Å². The number of hydrogen-bond donors (Lipinski definition) is 1. The van der Waals surface area contributed by atoms with Crippen molar-refractivity contribution in [1.29, 1.82) is 0 Å². The molecule has 0 radical (unpaired) electrons. The topological polar surface area (TPSA) is 66.6 Å². The Kier molecular flexibility index (Phi) is 5.63. The van der Waals surface area contributed by atoms with Crippen molar-refractivity contribution in [2.75, 3.05) is 31.9 Å². The Morgan fingerprint density at radius 3 is 2.09 bits per heavy atom. The summed E-state index contributed by atoms with van der Waals surface area (Å²) in [5.74, 6) is 0.00670. The summed E-state index contributed by atoms with van der Waals surface area (Å²) in [7, 11) is 0. The molecule has 0 bridgehead atoms. The first-order valence-electron chi connectivity index (χ1n) is 7.11. The van der Waals surface area contributed by atoms with Crippen molar-refractivity contribution in [3.05, 3.63) is 52.2 Å². The van der Waals surface area contributed by atoms with Gasteiger partial charge < -0.3 is 15.5 Å². The number of rotatable bonds is 2. The van der Waals surface area contributed by atoms with Crippen LogP contribution in [0.1, 0.15) is 20.7 Å². The van der Waals surface area contributed by atoms with Gasteiger partial charge in [0, 0.05) is 42.8 Å². The van der Waals surface area contributed by atoms with E-state index in [0.717, 1.165) is 5.56 Å². The minimum absolute atomic E-state index is 0. The lowest BCUT2D eigenvalue weighted by Gasteiger charge is -2.34. The summed E-state index contributed by atoms with van der Waals surface area (Å²) < 4.78 is 0. The van der Waals surface area contributed by atoms with E-state index in [9.17, 15) is 9.59 Å². The maximum atomic E-state index is 12.4. The molecular weight excluding hydrogens is 334 g/mol. The summed E-state index contributed by atoms with van der Waals surface area (Å²) >= 11 is 1.51. The fourth-order valence-electron chi connectivity index (χ4n) is 2.54. The van der Waals surface area contributed by atoms with Gasteiger partial charge in [0.1, 0.15) is 0 Å². The minimum atomic E-state index is -0.0325. The lowest BCUT2D eigenvalue weighted by molar-refractivity contribution is 0.0536. The summed E-state index contributed by atoms with van der Waals surface area (Å²) in [6.07, 6.45) is 0. The normalized spacial score (nSPS) is 14.3. The van der Waals surface area contributed by atoms with E-state index in [1.54, 1.807) is 34.1 Å². The number of nitrogen functional groups attached to an aromatic ring is 1. The van der Waals surface area contributed by atoms with Crippen LogP contribution in [0.2, 0.25) is 0 Å². The molecule has 1 saturated heterocycles. The highest BCUT2D eigenvalue weighted by atomic mass is 35.5. The lowest BCUT2D eigenvalue weighted by Crippen LogP contribution is -2.50. The molecule has 3 rings (SSSR count). The van der Waals surface area contributed by atoms with Gasteiger partial charge in [0.15, 0.2) is 0 Å². The van der Waals surface area contributed by atoms with Crippen LogP contribution in [0.15, 0.2) is 41.1 Å². The molecule has 1 aliphatic rings. The first kappa shape index (κ1) is 17.3. The van der Waals surface area contributed by atoms with Gasteiger partial charge in [0.2, 0.25) is 0 Å². The Morgan fingerprint density at radius 1 is 0.957 bits per heavy atom. The summed E-state index contributed by atoms with van der Waals surface area (Å²) in [5.41, 5.74) is 7.62. The Hall–Kier alpha value is -2.05. The van der Waals surface area contributed by atoms with Crippen molar-refractivity contribution in [1.82, 2.24) is 9.80 Å². The van der Waals surface area contributed by atoms with Crippen molar-refractivity contribution in [2.45, 2.75) is 0 Å². The average molecular weight is 352 g/mol. The largest absolute Gasteiger partial charge is 0.399 e. The number of anilines is 1. The molecular formula is C16H18ClN3O2S.